The summed E-state index contributed by atoms with van der Waals surface area (Å²) in [5, 5.41) is 17.4. The average Bonchev–Trinajstić information content (AvgIpc) is 2.78. The van der Waals surface area contributed by atoms with Crippen molar-refractivity contribution in [1.29, 1.82) is 0 Å². The lowest BCUT2D eigenvalue weighted by Gasteiger charge is -2.28. The third kappa shape index (κ3) is 7.16. The van der Waals surface area contributed by atoms with E-state index in [0.717, 1.165) is 46.5 Å². The standard InChI is InChI=1S/C27H37N3O3/c1-27(2,3)33-26(32)30(15-9-8-14-29-18-22(31)17-28)19-25-23-12-6-4-10-20(23)16-21-11-5-7-13-24(21)25/h4-7,10-13,16,22,29,31H,8-9,14-15,17-19,28H2,1-3H3. The summed E-state index contributed by atoms with van der Waals surface area (Å²) in [5.74, 6) is 0. The van der Waals surface area contributed by atoms with E-state index in [2.05, 4.69) is 35.6 Å². The Morgan fingerprint density at radius 1 is 1.06 bits per heavy atom. The number of fused-ring (bicyclic) bond motifs is 2. The lowest BCUT2D eigenvalue weighted by molar-refractivity contribution is 0.0232. The molecule has 0 fully saturated rings. The maximum atomic E-state index is 13.1. The van der Waals surface area contributed by atoms with E-state index in [1.54, 1.807) is 0 Å². The summed E-state index contributed by atoms with van der Waals surface area (Å²) in [6, 6.07) is 18.8. The van der Waals surface area contributed by atoms with Crippen molar-refractivity contribution in [2.75, 3.05) is 26.2 Å². The molecule has 0 aliphatic carbocycles. The van der Waals surface area contributed by atoms with Gasteiger partial charge >= 0.3 is 6.09 Å². The highest BCUT2D eigenvalue weighted by molar-refractivity contribution is 6.02. The SMILES string of the molecule is CC(C)(C)OC(=O)N(CCCCNCC(O)CN)Cc1c2ccccc2cc2ccccc12. The van der Waals surface area contributed by atoms with Gasteiger partial charge in [0.15, 0.2) is 0 Å². The quantitative estimate of drug-likeness (QED) is 0.314. The van der Waals surface area contributed by atoms with Crippen molar-refractivity contribution in [3.63, 3.8) is 0 Å². The lowest BCUT2D eigenvalue weighted by Crippen LogP contribution is -2.37. The van der Waals surface area contributed by atoms with Crippen molar-refractivity contribution in [3.05, 3.63) is 60.2 Å². The molecule has 33 heavy (non-hydrogen) atoms. The van der Waals surface area contributed by atoms with Crippen molar-refractivity contribution < 1.29 is 14.6 Å². The van der Waals surface area contributed by atoms with Crippen molar-refractivity contribution in [1.82, 2.24) is 10.2 Å². The van der Waals surface area contributed by atoms with E-state index in [-0.39, 0.29) is 12.6 Å². The van der Waals surface area contributed by atoms with Gasteiger partial charge in [0.05, 0.1) is 12.6 Å². The normalized spacial score (nSPS) is 12.8. The highest BCUT2D eigenvalue weighted by Crippen LogP contribution is 2.30. The first-order valence-corrected chi connectivity index (χ1v) is 11.7. The minimum absolute atomic E-state index is 0.248. The first kappa shape index (κ1) is 25.0. The molecule has 3 aromatic rings. The fourth-order valence-corrected chi connectivity index (χ4v) is 3.94. The second-order valence-electron chi connectivity index (χ2n) is 9.50. The number of unbranched alkanes of at least 4 members (excludes halogenated alkanes) is 1. The van der Waals surface area contributed by atoms with Gasteiger partial charge in [0, 0.05) is 19.6 Å². The zero-order chi connectivity index (χ0) is 23.8. The Labute approximate surface area is 196 Å². The summed E-state index contributed by atoms with van der Waals surface area (Å²) in [6.45, 7) is 8.24. The van der Waals surface area contributed by atoms with Gasteiger partial charge in [-0.2, -0.15) is 0 Å². The zero-order valence-corrected chi connectivity index (χ0v) is 20.0. The molecule has 1 unspecified atom stereocenters. The number of hydrogen-bond donors (Lipinski definition) is 3. The Hall–Kier alpha value is -2.67. The summed E-state index contributed by atoms with van der Waals surface area (Å²) in [6.07, 6.45) is 0.884. The Morgan fingerprint density at radius 2 is 1.67 bits per heavy atom. The number of ether oxygens (including phenoxy) is 1. The van der Waals surface area contributed by atoms with Crippen molar-refractivity contribution in [2.45, 2.75) is 51.9 Å². The monoisotopic (exact) mass is 451 g/mol. The molecule has 0 radical (unpaired) electrons. The lowest BCUT2D eigenvalue weighted by atomic mass is 9.96. The summed E-state index contributed by atoms with van der Waals surface area (Å²) >= 11 is 0. The van der Waals surface area contributed by atoms with Crippen LogP contribution in [-0.2, 0) is 11.3 Å². The molecule has 6 nitrogen and oxygen atoms in total. The van der Waals surface area contributed by atoms with Crippen LogP contribution in [0.4, 0.5) is 4.79 Å². The van der Waals surface area contributed by atoms with E-state index < -0.39 is 11.7 Å². The number of carbonyl (C=O) groups excluding carboxylic acids is 1. The fourth-order valence-electron chi connectivity index (χ4n) is 3.94. The van der Waals surface area contributed by atoms with Crippen LogP contribution in [0.1, 0.15) is 39.2 Å². The number of nitrogens with zero attached hydrogens (tertiary/aromatic N) is 1. The van der Waals surface area contributed by atoms with Crippen LogP contribution in [0.3, 0.4) is 0 Å². The Kier molecular flexibility index (Phi) is 8.67. The highest BCUT2D eigenvalue weighted by Gasteiger charge is 2.23. The van der Waals surface area contributed by atoms with Crippen LogP contribution >= 0.6 is 0 Å². The summed E-state index contributed by atoms with van der Waals surface area (Å²) in [5.41, 5.74) is 6.02. The maximum absolute atomic E-state index is 13.1. The van der Waals surface area contributed by atoms with Gasteiger partial charge in [0.1, 0.15) is 5.60 Å². The van der Waals surface area contributed by atoms with Crippen LogP contribution in [0.2, 0.25) is 0 Å². The minimum Gasteiger partial charge on any atom is -0.444 e. The number of nitrogens with two attached hydrogens (primary N) is 1. The molecule has 0 aliphatic rings. The molecule has 3 aromatic carbocycles. The zero-order valence-electron chi connectivity index (χ0n) is 20.0. The molecule has 0 saturated heterocycles. The number of hydrogen-bond acceptors (Lipinski definition) is 5. The molecule has 0 spiro atoms. The molecular formula is C27H37N3O3. The van der Waals surface area contributed by atoms with Gasteiger partial charge in [-0.15, -0.1) is 0 Å². The Balaban J connectivity index is 1.80. The second kappa shape index (κ2) is 11.5. The molecular weight excluding hydrogens is 414 g/mol. The number of rotatable bonds is 10. The van der Waals surface area contributed by atoms with Gasteiger partial charge in [-0.05, 0) is 73.3 Å². The predicted octanol–water partition coefficient (Wildman–Crippen LogP) is 4.42. The minimum atomic E-state index is -0.559. The number of nitrogens with one attached hydrogen (secondary N) is 1. The number of aliphatic hydroxyl groups excluding tert-OH is 1. The van der Waals surface area contributed by atoms with Crippen LogP contribution in [0.25, 0.3) is 21.5 Å². The van der Waals surface area contributed by atoms with Crippen LogP contribution in [0, 0.1) is 0 Å². The van der Waals surface area contributed by atoms with Gasteiger partial charge in [0.2, 0.25) is 0 Å². The van der Waals surface area contributed by atoms with E-state index in [1.807, 2.05) is 49.9 Å². The van der Waals surface area contributed by atoms with Gasteiger partial charge in [-0.3, -0.25) is 0 Å². The highest BCUT2D eigenvalue weighted by atomic mass is 16.6. The van der Waals surface area contributed by atoms with Crippen molar-refractivity contribution in [3.8, 4) is 0 Å². The first-order valence-electron chi connectivity index (χ1n) is 11.7. The molecule has 0 aromatic heterocycles. The predicted molar refractivity (Wildman–Crippen MR) is 135 cm³/mol. The van der Waals surface area contributed by atoms with Crippen LogP contribution in [0.5, 0.6) is 0 Å². The van der Waals surface area contributed by atoms with Crippen LogP contribution in [0.15, 0.2) is 54.6 Å². The molecule has 0 aliphatic heterocycles. The van der Waals surface area contributed by atoms with Crippen LogP contribution in [-0.4, -0.2) is 54.0 Å². The Bertz CT molecular complexity index is 1010. The topological polar surface area (TPSA) is 87.8 Å². The Morgan fingerprint density at radius 3 is 2.24 bits per heavy atom. The fraction of sp³-hybridized carbons (Fsp3) is 0.444. The van der Waals surface area contributed by atoms with E-state index in [4.69, 9.17) is 10.5 Å². The van der Waals surface area contributed by atoms with Gasteiger partial charge in [-0.1, -0.05) is 48.5 Å². The molecule has 0 saturated carbocycles. The van der Waals surface area contributed by atoms with Gasteiger partial charge in [0.25, 0.3) is 0 Å². The largest absolute Gasteiger partial charge is 0.444 e. The van der Waals surface area contributed by atoms with Gasteiger partial charge < -0.3 is 25.8 Å². The average molecular weight is 452 g/mol. The van der Waals surface area contributed by atoms with E-state index in [1.165, 1.54) is 0 Å². The first-order chi connectivity index (χ1) is 15.8. The van der Waals surface area contributed by atoms with E-state index in [9.17, 15) is 9.90 Å². The smallest absolute Gasteiger partial charge is 0.410 e. The van der Waals surface area contributed by atoms with Crippen molar-refractivity contribution in [2.24, 2.45) is 5.73 Å². The molecule has 1 amide bonds. The number of amides is 1. The molecule has 3 rings (SSSR count). The van der Waals surface area contributed by atoms with Crippen LogP contribution < -0.4 is 11.1 Å². The van der Waals surface area contributed by atoms with E-state index in [0.29, 0.717) is 19.6 Å². The molecule has 178 valence electrons. The number of aliphatic hydroxyl groups is 1. The molecule has 0 bridgehead atoms. The van der Waals surface area contributed by atoms with Gasteiger partial charge in [-0.25, -0.2) is 4.79 Å². The number of carbonyl (C=O) groups is 1. The molecule has 4 N–H and O–H groups in total. The summed E-state index contributed by atoms with van der Waals surface area (Å²) < 4.78 is 5.74. The van der Waals surface area contributed by atoms with E-state index >= 15 is 0 Å². The summed E-state index contributed by atoms with van der Waals surface area (Å²) in [4.78, 5) is 14.9. The third-order valence-electron chi connectivity index (χ3n) is 5.57. The second-order valence-corrected chi connectivity index (χ2v) is 9.50. The summed E-state index contributed by atoms with van der Waals surface area (Å²) in [7, 11) is 0. The van der Waals surface area contributed by atoms with Crippen molar-refractivity contribution >= 4 is 27.6 Å². The molecule has 6 heteroatoms. The number of benzene rings is 3. The molecule has 0 heterocycles. The maximum Gasteiger partial charge on any atom is 0.410 e. The molecule has 1 atom stereocenters. The third-order valence-corrected chi connectivity index (χ3v) is 5.57.